The summed E-state index contributed by atoms with van der Waals surface area (Å²) in [7, 11) is 0. The van der Waals surface area contributed by atoms with Crippen LogP contribution in [0.15, 0.2) is 30.6 Å². The molecule has 5 nitrogen and oxygen atoms in total. The smallest absolute Gasteiger partial charge is 0.321 e. The Balaban J connectivity index is 0.000000171. The number of nitrogens with zero attached hydrogens (tertiary/aromatic N) is 1. The van der Waals surface area contributed by atoms with Crippen LogP contribution < -0.4 is 5.90 Å². The Morgan fingerprint density at radius 2 is 2.14 bits per heavy atom. The Labute approximate surface area is 80.8 Å². The van der Waals surface area contributed by atoms with Gasteiger partial charge < -0.3 is 9.82 Å². The van der Waals surface area contributed by atoms with E-state index in [1.807, 2.05) is 24.3 Å². The molecule has 3 N–H and O–H groups in total. The molecule has 0 atom stereocenters. The number of benzene rings is 1. The molecule has 0 saturated heterocycles. The fraction of sp³-hybridized carbons (Fsp3) is 0.111. The summed E-state index contributed by atoms with van der Waals surface area (Å²) < 4.78 is 0. The molecule has 2 aromatic rings. The monoisotopic (exact) mass is 193 g/mol. The Hall–Kier alpha value is -1.88. The molecular formula is C9H11N3O2. The molecule has 74 valence electrons. The molecule has 0 amide bonds. The van der Waals surface area contributed by atoms with Crippen LogP contribution in [0.4, 0.5) is 0 Å². The van der Waals surface area contributed by atoms with Gasteiger partial charge in [-0.1, -0.05) is 12.1 Å². The van der Waals surface area contributed by atoms with Crippen molar-refractivity contribution in [3.63, 3.8) is 0 Å². The minimum absolute atomic E-state index is 0.468. The number of H-pyrrole nitrogens is 1. The van der Waals surface area contributed by atoms with Crippen LogP contribution in [0.2, 0.25) is 0 Å². The lowest BCUT2D eigenvalue weighted by Gasteiger charge is -1.81. The quantitative estimate of drug-likeness (QED) is 0.611. The van der Waals surface area contributed by atoms with Gasteiger partial charge in [-0.25, -0.2) is 4.98 Å². The first-order chi connectivity index (χ1) is 6.74. The third kappa shape index (κ3) is 2.87. The number of aromatic nitrogens is 2. The summed E-state index contributed by atoms with van der Waals surface area (Å²) in [5, 5.41) is 0. The SMILES string of the molecule is CC(=O)ON.c1ccc2[nH]cnc2c1. The maximum Gasteiger partial charge on any atom is 0.321 e. The number of nitrogens with two attached hydrogens (primary N) is 1. The van der Waals surface area contributed by atoms with E-state index in [2.05, 4.69) is 20.7 Å². The fourth-order valence-electron chi connectivity index (χ4n) is 0.880. The predicted octanol–water partition coefficient (Wildman–Crippen LogP) is 0.986. The lowest BCUT2D eigenvalue weighted by atomic mass is 10.3. The van der Waals surface area contributed by atoms with Crippen molar-refractivity contribution in [3.05, 3.63) is 30.6 Å². The summed E-state index contributed by atoms with van der Waals surface area (Å²) in [6.45, 7) is 1.24. The number of imidazole rings is 1. The topological polar surface area (TPSA) is 81.0 Å². The standard InChI is InChI=1S/C7H6N2.C2H5NO2/c1-2-4-7-6(3-1)8-5-9-7;1-2(4)5-3/h1-5H,(H,8,9);3H2,1H3. The summed E-state index contributed by atoms with van der Waals surface area (Å²) in [6.07, 6.45) is 1.70. The highest BCUT2D eigenvalue weighted by Gasteiger charge is 1.88. The number of carbonyl (C=O) groups is 1. The molecule has 0 bridgehead atoms. The normalized spacial score (nSPS) is 9.00. The highest BCUT2D eigenvalue weighted by atomic mass is 16.7. The van der Waals surface area contributed by atoms with Gasteiger partial charge in [-0.3, -0.25) is 4.79 Å². The zero-order chi connectivity index (χ0) is 10.4. The second-order valence-electron chi connectivity index (χ2n) is 2.53. The second kappa shape index (κ2) is 4.98. The first-order valence-electron chi connectivity index (χ1n) is 3.99. The van der Waals surface area contributed by atoms with Crippen molar-refractivity contribution < 1.29 is 9.63 Å². The van der Waals surface area contributed by atoms with Crippen LogP contribution >= 0.6 is 0 Å². The molecule has 0 saturated carbocycles. The molecular weight excluding hydrogens is 182 g/mol. The first-order valence-corrected chi connectivity index (χ1v) is 3.99. The molecule has 0 fully saturated rings. The molecule has 0 aliphatic heterocycles. The summed E-state index contributed by atoms with van der Waals surface area (Å²) in [6, 6.07) is 7.94. The highest BCUT2D eigenvalue weighted by Crippen LogP contribution is 2.05. The van der Waals surface area contributed by atoms with E-state index in [-0.39, 0.29) is 0 Å². The molecule has 0 radical (unpaired) electrons. The van der Waals surface area contributed by atoms with E-state index in [4.69, 9.17) is 0 Å². The van der Waals surface area contributed by atoms with Gasteiger partial charge in [0, 0.05) is 6.92 Å². The predicted molar refractivity (Wildman–Crippen MR) is 52.0 cm³/mol. The number of hydrogen-bond acceptors (Lipinski definition) is 4. The maximum absolute atomic E-state index is 9.47. The highest BCUT2D eigenvalue weighted by molar-refractivity contribution is 5.73. The minimum Gasteiger partial charge on any atom is -0.374 e. The van der Waals surface area contributed by atoms with Crippen molar-refractivity contribution >= 4 is 17.0 Å². The molecule has 14 heavy (non-hydrogen) atoms. The zero-order valence-corrected chi connectivity index (χ0v) is 7.73. The Bertz CT molecular complexity index is 381. The van der Waals surface area contributed by atoms with Gasteiger partial charge in [0.05, 0.1) is 17.4 Å². The molecule has 1 aromatic carbocycles. The molecule has 0 spiro atoms. The van der Waals surface area contributed by atoms with Gasteiger partial charge in [0.15, 0.2) is 0 Å². The van der Waals surface area contributed by atoms with Crippen molar-refractivity contribution in [1.82, 2.24) is 9.97 Å². The molecule has 0 aliphatic rings. The number of hydrogen-bond donors (Lipinski definition) is 2. The summed E-state index contributed by atoms with van der Waals surface area (Å²) >= 11 is 0. The number of fused-ring (bicyclic) bond motifs is 1. The van der Waals surface area contributed by atoms with E-state index in [0.29, 0.717) is 0 Å². The van der Waals surface area contributed by atoms with Crippen LogP contribution in [0.3, 0.4) is 0 Å². The number of rotatable bonds is 0. The Kier molecular flexibility index (Phi) is 3.63. The largest absolute Gasteiger partial charge is 0.374 e. The van der Waals surface area contributed by atoms with Crippen molar-refractivity contribution in [1.29, 1.82) is 0 Å². The van der Waals surface area contributed by atoms with Crippen LogP contribution in [0, 0.1) is 0 Å². The lowest BCUT2D eigenvalue weighted by Crippen LogP contribution is -2.03. The van der Waals surface area contributed by atoms with Crippen molar-refractivity contribution in [2.45, 2.75) is 6.92 Å². The lowest BCUT2D eigenvalue weighted by molar-refractivity contribution is -0.141. The van der Waals surface area contributed by atoms with Crippen molar-refractivity contribution in [2.75, 3.05) is 0 Å². The number of para-hydroxylation sites is 2. The Morgan fingerprint density at radius 1 is 1.50 bits per heavy atom. The van der Waals surface area contributed by atoms with Gasteiger partial charge in [0.1, 0.15) is 0 Å². The average molecular weight is 193 g/mol. The average Bonchev–Trinajstić information content (AvgIpc) is 2.66. The number of nitrogens with one attached hydrogen (secondary N) is 1. The van der Waals surface area contributed by atoms with Gasteiger partial charge in [-0.2, -0.15) is 5.90 Å². The molecule has 0 unspecified atom stereocenters. The minimum atomic E-state index is -0.468. The summed E-state index contributed by atoms with van der Waals surface area (Å²) in [5.74, 6) is 3.85. The van der Waals surface area contributed by atoms with Crippen LogP contribution in [0.25, 0.3) is 11.0 Å². The molecule has 1 heterocycles. The van der Waals surface area contributed by atoms with Crippen LogP contribution in [-0.2, 0) is 9.63 Å². The number of carbonyl (C=O) groups excluding carboxylic acids is 1. The molecule has 1 aromatic heterocycles. The van der Waals surface area contributed by atoms with Crippen LogP contribution in [0.1, 0.15) is 6.92 Å². The maximum atomic E-state index is 9.47. The van der Waals surface area contributed by atoms with E-state index in [1.165, 1.54) is 6.92 Å². The van der Waals surface area contributed by atoms with E-state index < -0.39 is 5.97 Å². The molecule has 5 heteroatoms. The third-order valence-electron chi connectivity index (χ3n) is 1.49. The van der Waals surface area contributed by atoms with Crippen molar-refractivity contribution in [2.24, 2.45) is 5.90 Å². The van der Waals surface area contributed by atoms with Crippen molar-refractivity contribution in [3.8, 4) is 0 Å². The number of aromatic amines is 1. The zero-order valence-electron chi connectivity index (χ0n) is 7.73. The van der Waals surface area contributed by atoms with Crippen LogP contribution in [-0.4, -0.2) is 15.9 Å². The first kappa shape index (κ1) is 10.2. The van der Waals surface area contributed by atoms with Gasteiger partial charge in [-0.15, -0.1) is 0 Å². The van der Waals surface area contributed by atoms with Crippen LogP contribution in [0.5, 0.6) is 0 Å². The summed E-state index contributed by atoms with van der Waals surface area (Å²) in [5.41, 5.74) is 2.12. The Morgan fingerprint density at radius 3 is 2.71 bits per heavy atom. The van der Waals surface area contributed by atoms with Gasteiger partial charge >= 0.3 is 5.97 Å². The van der Waals surface area contributed by atoms with E-state index in [1.54, 1.807) is 6.33 Å². The molecule has 2 rings (SSSR count). The third-order valence-corrected chi connectivity index (χ3v) is 1.49. The van der Waals surface area contributed by atoms with E-state index in [9.17, 15) is 4.79 Å². The fourth-order valence-corrected chi connectivity index (χ4v) is 0.880. The van der Waals surface area contributed by atoms with E-state index >= 15 is 0 Å². The summed E-state index contributed by atoms with van der Waals surface area (Å²) in [4.78, 5) is 20.1. The second-order valence-corrected chi connectivity index (χ2v) is 2.53. The van der Waals surface area contributed by atoms with E-state index in [0.717, 1.165) is 11.0 Å². The van der Waals surface area contributed by atoms with Gasteiger partial charge in [0.2, 0.25) is 0 Å². The van der Waals surface area contributed by atoms with Gasteiger partial charge in [-0.05, 0) is 12.1 Å². The van der Waals surface area contributed by atoms with Gasteiger partial charge in [0.25, 0.3) is 0 Å². The molecule has 0 aliphatic carbocycles.